The molecule has 1 aliphatic rings. The molecule has 1 saturated heterocycles. The summed E-state index contributed by atoms with van der Waals surface area (Å²) in [6.45, 7) is 4.57. The van der Waals surface area contributed by atoms with Crippen LogP contribution in [0.5, 0.6) is 5.75 Å². The molecule has 0 bridgehead atoms. The van der Waals surface area contributed by atoms with Crippen molar-refractivity contribution < 1.29 is 14.3 Å². The molecule has 2 rings (SSSR count). The van der Waals surface area contributed by atoms with Crippen molar-refractivity contribution in [3.63, 3.8) is 0 Å². The van der Waals surface area contributed by atoms with Gasteiger partial charge in [-0.25, -0.2) is 0 Å². The van der Waals surface area contributed by atoms with Gasteiger partial charge < -0.3 is 4.74 Å². The van der Waals surface area contributed by atoms with E-state index in [4.69, 9.17) is 4.74 Å². The van der Waals surface area contributed by atoms with Crippen molar-refractivity contribution in [2.45, 2.75) is 32.6 Å². The van der Waals surface area contributed by atoms with E-state index >= 15 is 0 Å². The standard InChI is InChI=1S/C15H19NO3/c1-3-7-19-12-6-4-5-11(8-12)13-9-14(17)16-15(18)10(13)2/h4-6,8,10,13H,3,7,9H2,1-2H3,(H,16,17,18). The van der Waals surface area contributed by atoms with E-state index in [1.807, 2.05) is 31.2 Å². The lowest BCUT2D eigenvalue weighted by molar-refractivity contribution is -0.136. The minimum Gasteiger partial charge on any atom is -0.494 e. The van der Waals surface area contributed by atoms with Crippen LogP contribution in [0, 0.1) is 5.92 Å². The van der Waals surface area contributed by atoms with Gasteiger partial charge in [0.2, 0.25) is 11.8 Å². The molecule has 0 aromatic heterocycles. The number of carbonyl (C=O) groups is 2. The number of rotatable bonds is 4. The second kappa shape index (κ2) is 5.87. The van der Waals surface area contributed by atoms with Crippen LogP contribution in [0.25, 0.3) is 0 Å². The zero-order valence-electron chi connectivity index (χ0n) is 11.3. The number of imide groups is 1. The molecule has 1 aliphatic heterocycles. The molecule has 102 valence electrons. The molecule has 4 heteroatoms. The van der Waals surface area contributed by atoms with E-state index in [0.717, 1.165) is 17.7 Å². The number of hydrogen-bond donors (Lipinski definition) is 1. The summed E-state index contributed by atoms with van der Waals surface area (Å²) in [4.78, 5) is 23.2. The maximum absolute atomic E-state index is 11.7. The number of ether oxygens (including phenoxy) is 1. The van der Waals surface area contributed by atoms with Gasteiger partial charge >= 0.3 is 0 Å². The van der Waals surface area contributed by atoms with Gasteiger partial charge in [0.05, 0.1) is 6.61 Å². The first-order valence-corrected chi connectivity index (χ1v) is 6.68. The first-order chi connectivity index (χ1) is 9.11. The SMILES string of the molecule is CCCOc1cccc(C2CC(=O)NC(=O)C2C)c1. The lowest BCUT2D eigenvalue weighted by atomic mass is 9.81. The van der Waals surface area contributed by atoms with E-state index in [1.54, 1.807) is 0 Å². The number of amides is 2. The minimum absolute atomic E-state index is 0.0635. The predicted octanol–water partition coefficient (Wildman–Crippen LogP) is 2.24. The Morgan fingerprint density at radius 3 is 2.89 bits per heavy atom. The first-order valence-electron chi connectivity index (χ1n) is 6.68. The molecule has 2 amide bonds. The highest BCUT2D eigenvalue weighted by Gasteiger charge is 2.33. The molecule has 0 aliphatic carbocycles. The molecule has 2 unspecified atom stereocenters. The minimum atomic E-state index is -0.201. The third-order valence-electron chi connectivity index (χ3n) is 3.44. The molecule has 1 fully saturated rings. The molecule has 1 N–H and O–H groups in total. The van der Waals surface area contributed by atoms with E-state index in [0.29, 0.717) is 13.0 Å². The van der Waals surface area contributed by atoms with E-state index in [-0.39, 0.29) is 23.7 Å². The summed E-state index contributed by atoms with van der Waals surface area (Å²) in [7, 11) is 0. The molecule has 19 heavy (non-hydrogen) atoms. The van der Waals surface area contributed by atoms with Gasteiger partial charge in [-0.15, -0.1) is 0 Å². The third kappa shape index (κ3) is 3.13. The topological polar surface area (TPSA) is 55.4 Å². The number of piperidine rings is 1. The zero-order valence-corrected chi connectivity index (χ0v) is 11.3. The quantitative estimate of drug-likeness (QED) is 0.846. The van der Waals surface area contributed by atoms with Gasteiger partial charge in [0.1, 0.15) is 5.75 Å². The van der Waals surface area contributed by atoms with Crippen LogP contribution in [0.4, 0.5) is 0 Å². The Bertz CT molecular complexity index is 484. The van der Waals surface area contributed by atoms with Crippen molar-refractivity contribution in [1.29, 1.82) is 0 Å². The maximum atomic E-state index is 11.7. The van der Waals surface area contributed by atoms with Gasteiger partial charge in [-0.3, -0.25) is 14.9 Å². The van der Waals surface area contributed by atoms with Crippen molar-refractivity contribution >= 4 is 11.8 Å². The summed E-state index contributed by atoms with van der Waals surface area (Å²) in [6.07, 6.45) is 1.30. The summed E-state index contributed by atoms with van der Waals surface area (Å²) in [6, 6.07) is 7.69. The number of hydrogen-bond acceptors (Lipinski definition) is 3. The van der Waals surface area contributed by atoms with Crippen molar-refractivity contribution in [2.75, 3.05) is 6.61 Å². The van der Waals surface area contributed by atoms with E-state index < -0.39 is 0 Å². The lowest BCUT2D eigenvalue weighted by Crippen LogP contribution is -2.43. The number of nitrogens with one attached hydrogen (secondary N) is 1. The number of benzene rings is 1. The normalized spacial score (nSPS) is 23.1. The summed E-state index contributed by atoms with van der Waals surface area (Å²) in [5.41, 5.74) is 0.990. The molecule has 1 aromatic carbocycles. The fourth-order valence-electron chi connectivity index (χ4n) is 2.32. The third-order valence-corrected chi connectivity index (χ3v) is 3.44. The second-order valence-corrected chi connectivity index (χ2v) is 4.93. The second-order valence-electron chi connectivity index (χ2n) is 4.93. The van der Waals surface area contributed by atoms with Crippen LogP contribution in [0.2, 0.25) is 0 Å². The van der Waals surface area contributed by atoms with Gasteiger partial charge in [0, 0.05) is 18.3 Å². The highest BCUT2D eigenvalue weighted by molar-refractivity contribution is 5.99. The Balaban J connectivity index is 2.20. The van der Waals surface area contributed by atoms with Crippen molar-refractivity contribution in [1.82, 2.24) is 5.32 Å². The van der Waals surface area contributed by atoms with E-state index in [9.17, 15) is 9.59 Å². The molecular formula is C15H19NO3. The predicted molar refractivity (Wildman–Crippen MR) is 71.9 cm³/mol. The molecule has 1 aromatic rings. The average molecular weight is 261 g/mol. The Morgan fingerprint density at radius 1 is 1.37 bits per heavy atom. The zero-order chi connectivity index (χ0) is 13.8. The maximum Gasteiger partial charge on any atom is 0.230 e. The lowest BCUT2D eigenvalue weighted by Gasteiger charge is -2.27. The van der Waals surface area contributed by atoms with Crippen LogP contribution < -0.4 is 10.1 Å². The smallest absolute Gasteiger partial charge is 0.230 e. The van der Waals surface area contributed by atoms with Gasteiger partial charge in [0.25, 0.3) is 0 Å². The van der Waals surface area contributed by atoms with Crippen LogP contribution in [0.1, 0.15) is 38.2 Å². The Kier molecular flexibility index (Phi) is 4.20. The molecule has 2 atom stereocenters. The van der Waals surface area contributed by atoms with Crippen molar-refractivity contribution in [2.24, 2.45) is 5.92 Å². The molecule has 1 heterocycles. The van der Waals surface area contributed by atoms with Crippen LogP contribution in [0.15, 0.2) is 24.3 Å². The largest absolute Gasteiger partial charge is 0.494 e. The molecular weight excluding hydrogens is 242 g/mol. The monoisotopic (exact) mass is 261 g/mol. The summed E-state index contributed by atoms with van der Waals surface area (Å²) in [5, 5.41) is 2.37. The highest BCUT2D eigenvalue weighted by Crippen LogP contribution is 2.32. The van der Waals surface area contributed by atoms with Crippen molar-refractivity contribution in [3.05, 3.63) is 29.8 Å². The fraction of sp³-hybridized carbons (Fsp3) is 0.467. The molecule has 4 nitrogen and oxygen atoms in total. The molecule has 0 spiro atoms. The van der Waals surface area contributed by atoms with Crippen LogP contribution >= 0.6 is 0 Å². The number of carbonyl (C=O) groups excluding carboxylic acids is 2. The van der Waals surface area contributed by atoms with Gasteiger partial charge in [-0.2, -0.15) is 0 Å². The Morgan fingerprint density at radius 2 is 2.16 bits per heavy atom. The first kappa shape index (κ1) is 13.6. The van der Waals surface area contributed by atoms with Crippen molar-refractivity contribution in [3.8, 4) is 5.75 Å². The van der Waals surface area contributed by atoms with Gasteiger partial charge in [0.15, 0.2) is 0 Å². The summed E-state index contributed by atoms with van der Waals surface area (Å²) < 4.78 is 5.59. The van der Waals surface area contributed by atoms with Gasteiger partial charge in [-0.1, -0.05) is 26.0 Å². The fourth-order valence-corrected chi connectivity index (χ4v) is 2.32. The van der Waals surface area contributed by atoms with Crippen LogP contribution in [-0.2, 0) is 9.59 Å². The van der Waals surface area contributed by atoms with E-state index in [1.165, 1.54) is 0 Å². The highest BCUT2D eigenvalue weighted by atomic mass is 16.5. The Hall–Kier alpha value is -1.84. The van der Waals surface area contributed by atoms with Crippen LogP contribution in [0.3, 0.4) is 0 Å². The van der Waals surface area contributed by atoms with E-state index in [2.05, 4.69) is 12.2 Å². The molecule has 0 saturated carbocycles. The average Bonchev–Trinajstić information content (AvgIpc) is 2.41. The summed E-state index contributed by atoms with van der Waals surface area (Å²) in [5.74, 6) is 0.143. The van der Waals surface area contributed by atoms with Crippen LogP contribution in [-0.4, -0.2) is 18.4 Å². The molecule has 0 radical (unpaired) electrons. The summed E-state index contributed by atoms with van der Waals surface area (Å²) >= 11 is 0. The Labute approximate surface area is 113 Å². The van der Waals surface area contributed by atoms with Gasteiger partial charge in [-0.05, 0) is 24.1 Å².